The molecule has 1 radical (unpaired) electrons. The number of hydrogen-bond donors (Lipinski definition) is 0. The Morgan fingerprint density at radius 3 is 2.46 bits per heavy atom. The summed E-state index contributed by atoms with van der Waals surface area (Å²) in [4.78, 5) is 10.8. The molecule has 0 fully saturated rings. The van der Waals surface area contributed by atoms with Crippen LogP contribution in [0.2, 0.25) is 0 Å². The van der Waals surface area contributed by atoms with Gasteiger partial charge in [-0.1, -0.05) is 33.1 Å². The molecule has 0 amide bonds. The molecule has 0 spiro atoms. The van der Waals surface area contributed by atoms with E-state index in [4.69, 9.17) is 9.47 Å². The van der Waals surface area contributed by atoms with E-state index in [0.717, 1.165) is 32.1 Å². The summed E-state index contributed by atoms with van der Waals surface area (Å²) in [6, 6.07) is 0. The Morgan fingerprint density at radius 2 is 1.85 bits per heavy atom. The number of ether oxygens (including phenoxy) is 2. The largest absolute Gasteiger partial charge is 0.508 e. The second-order valence-corrected chi connectivity index (χ2v) is 2.86. The summed E-state index contributed by atoms with van der Waals surface area (Å²) in [5.74, 6) is 0. The zero-order valence-corrected chi connectivity index (χ0v) is 8.38. The highest BCUT2D eigenvalue weighted by atomic mass is 16.7. The van der Waals surface area contributed by atoms with Gasteiger partial charge in [-0.25, -0.2) is 4.79 Å². The SMILES string of the molecule is [CH2]CCCCCOC(=O)OCCC. The lowest BCUT2D eigenvalue weighted by atomic mass is 10.2. The second-order valence-electron chi connectivity index (χ2n) is 2.86. The van der Waals surface area contributed by atoms with Gasteiger partial charge in [0, 0.05) is 0 Å². The highest BCUT2D eigenvalue weighted by molar-refractivity contribution is 5.59. The van der Waals surface area contributed by atoms with E-state index in [9.17, 15) is 4.79 Å². The lowest BCUT2D eigenvalue weighted by Crippen LogP contribution is -2.08. The first-order valence-electron chi connectivity index (χ1n) is 4.90. The van der Waals surface area contributed by atoms with Gasteiger partial charge in [-0.05, 0) is 12.8 Å². The smallest absolute Gasteiger partial charge is 0.434 e. The van der Waals surface area contributed by atoms with Crippen LogP contribution in [0.15, 0.2) is 0 Å². The molecule has 0 aliphatic heterocycles. The zero-order valence-electron chi connectivity index (χ0n) is 8.38. The molecule has 77 valence electrons. The van der Waals surface area contributed by atoms with E-state index in [1.807, 2.05) is 6.92 Å². The highest BCUT2D eigenvalue weighted by Crippen LogP contribution is 1.99. The van der Waals surface area contributed by atoms with Crippen molar-refractivity contribution in [3.63, 3.8) is 0 Å². The van der Waals surface area contributed by atoms with Crippen LogP contribution < -0.4 is 0 Å². The Balaban J connectivity index is 3.08. The van der Waals surface area contributed by atoms with Gasteiger partial charge in [-0.15, -0.1) is 0 Å². The van der Waals surface area contributed by atoms with Crippen molar-refractivity contribution in [3.8, 4) is 0 Å². The fraction of sp³-hybridized carbons (Fsp3) is 0.800. The molecular weight excluding hydrogens is 168 g/mol. The monoisotopic (exact) mass is 187 g/mol. The third kappa shape index (κ3) is 9.18. The maximum atomic E-state index is 10.8. The van der Waals surface area contributed by atoms with Crippen LogP contribution in [0.3, 0.4) is 0 Å². The Hall–Kier alpha value is -0.730. The first-order valence-corrected chi connectivity index (χ1v) is 4.90. The van der Waals surface area contributed by atoms with E-state index in [1.165, 1.54) is 0 Å². The third-order valence-electron chi connectivity index (χ3n) is 1.54. The van der Waals surface area contributed by atoms with Gasteiger partial charge in [0.15, 0.2) is 0 Å². The highest BCUT2D eigenvalue weighted by Gasteiger charge is 2.00. The fourth-order valence-corrected chi connectivity index (χ4v) is 0.838. The van der Waals surface area contributed by atoms with E-state index in [1.54, 1.807) is 0 Å². The topological polar surface area (TPSA) is 35.5 Å². The van der Waals surface area contributed by atoms with Crippen molar-refractivity contribution in [2.45, 2.75) is 39.0 Å². The van der Waals surface area contributed by atoms with Gasteiger partial charge in [0.1, 0.15) is 0 Å². The van der Waals surface area contributed by atoms with E-state index in [-0.39, 0.29) is 0 Å². The minimum Gasteiger partial charge on any atom is -0.434 e. The molecule has 0 aromatic heterocycles. The number of carbonyl (C=O) groups excluding carboxylic acids is 1. The van der Waals surface area contributed by atoms with Gasteiger partial charge in [0.25, 0.3) is 0 Å². The van der Waals surface area contributed by atoms with E-state index >= 15 is 0 Å². The summed E-state index contributed by atoms with van der Waals surface area (Å²) < 4.78 is 9.53. The standard InChI is InChI=1S/C10H19O3/c1-3-5-6-7-9-13-10(11)12-8-4-2/h1,3-9H2,2H3. The molecule has 0 heterocycles. The Labute approximate surface area is 80.4 Å². The molecule has 13 heavy (non-hydrogen) atoms. The van der Waals surface area contributed by atoms with Crippen LogP contribution >= 0.6 is 0 Å². The predicted octanol–water partition coefficient (Wildman–Crippen LogP) is 2.94. The van der Waals surface area contributed by atoms with Gasteiger partial charge >= 0.3 is 6.16 Å². The zero-order chi connectivity index (χ0) is 9.94. The third-order valence-corrected chi connectivity index (χ3v) is 1.54. The lowest BCUT2D eigenvalue weighted by molar-refractivity contribution is 0.0542. The normalized spacial score (nSPS) is 9.69. The molecule has 0 rings (SSSR count). The Bertz CT molecular complexity index is 123. The number of hydrogen-bond acceptors (Lipinski definition) is 3. The van der Waals surface area contributed by atoms with Gasteiger partial charge in [0.05, 0.1) is 13.2 Å². The maximum absolute atomic E-state index is 10.8. The van der Waals surface area contributed by atoms with E-state index in [2.05, 4.69) is 6.92 Å². The molecule has 0 saturated heterocycles. The number of unbranched alkanes of at least 4 members (excludes halogenated alkanes) is 3. The molecule has 0 bridgehead atoms. The summed E-state index contributed by atoms with van der Waals surface area (Å²) >= 11 is 0. The molecule has 0 saturated carbocycles. The van der Waals surface area contributed by atoms with Crippen LogP contribution in [0.25, 0.3) is 0 Å². The van der Waals surface area contributed by atoms with Crippen LogP contribution in [-0.4, -0.2) is 19.4 Å². The van der Waals surface area contributed by atoms with Crippen molar-refractivity contribution in [2.24, 2.45) is 0 Å². The van der Waals surface area contributed by atoms with E-state index in [0.29, 0.717) is 13.2 Å². The first kappa shape index (κ1) is 12.3. The van der Waals surface area contributed by atoms with Crippen molar-refractivity contribution >= 4 is 6.16 Å². The average molecular weight is 187 g/mol. The van der Waals surface area contributed by atoms with Gasteiger partial charge in [-0.2, -0.15) is 0 Å². The molecule has 0 unspecified atom stereocenters. The lowest BCUT2D eigenvalue weighted by Gasteiger charge is -2.04. The summed E-state index contributed by atoms with van der Waals surface area (Å²) in [5, 5.41) is 0. The van der Waals surface area contributed by atoms with Crippen LogP contribution in [-0.2, 0) is 9.47 Å². The van der Waals surface area contributed by atoms with Crippen LogP contribution in [0.4, 0.5) is 4.79 Å². The minimum absolute atomic E-state index is 0.442. The molecule has 0 aromatic carbocycles. The van der Waals surface area contributed by atoms with Crippen molar-refractivity contribution in [2.75, 3.05) is 13.2 Å². The summed E-state index contributed by atoms with van der Waals surface area (Å²) in [6.45, 7) is 6.58. The molecular formula is C10H19O3. The number of rotatable bonds is 7. The maximum Gasteiger partial charge on any atom is 0.508 e. The van der Waals surface area contributed by atoms with Gasteiger partial charge < -0.3 is 9.47 Å². The Kier molecular flexibility index (Phi) is 8.83. The molecule has 3 nitrogen and oxygen atoms in total. The van der Waals surface area contributed by atoms with Crippen molar-refractivity contribution in [3.05, 3.63) is 6.92 Å². The summed E-state index contributed by atoms with van der Waals surface area (Å²) in [6.07, 6.45) is 4.28. The molecule has 0 aliphatic rings. The van der Waals surface area contributed by atoms with Crippen molar-refractivity contribution in [1.82, 2.24) is 0 Å². The predicted molar refractivity (Wildman–Crippen MR) is 51.4 cm³/mol. The quantitative estimate of drug-likeness (QED) is 0.454. The molecule has 0 aliphatic carbocycles. The average Bonchev–Trinajstić information content (AvgIpc) is 2.14. The number of carbonyl (C=O) groups is 1. The van der Waals surface area contributed by atoms with Gasteiger partial charge in [-0.3, -0.25) is 0 Å². The van der Waals surface area contributed by atoms with E-state index < -0.39 is 6.16 Å². The molecule has 3 heteroatoms. The minimum atomic E-state index is -0.545. The van der Waals surface area contributed by atoms with Crippen LogP contribution in [0.5, 0.6) is 0 Å². The summed E-state index contributed by atoms with van der Waals surface area (Å²) in [7, 11) is 0. The fourth-order valence-electron chi connectivity index (χ4n) is 0.838. The summed E-state index contributed by atoms with van der Waals surface area (Å²) in [5.41, 5.74) is 0. The second kappa shape index (κ2) is 9.36. The first-order chi connectivity index (χ1) is 6.31. The van der Waals surface area contributed by atoms with Crippen LogP contribution in [0.1, 0.15) is 39.0 Å². The van der Waals surface area contributed by atoms with Crippen molar-refractivity contribution < 1.29 is 14.3 Å². The van der Waals surface area contributed by atoms with Crippen molar-refractivity contribution in [1.29, 1.82) is 0 Å². The molecule has 0 N–H and O–H groups in total. The van der Waals surface area contributed by atoms with Gasteiger partial charge in [0.2, 0.25) is 0 Å². The Morgan fingerprint density at radius 1 is 1.15 bits per heavy atom. The molecule has 0 atom stereocenters. The van der Waals surface area contributed by atoms with Crippen LogP contribution in [0, 0.1) is 6.92 Å². The molecule has 0 aromatic rings.